The van der Waals surface area contributed by atoms with Crippen molar-refractivity contribution in [3.05, 3.63) is 253 Å². The number of fused-ring (bicyclic) bond motifs is 10. The fourth-order valence-electron chi connectivity index (χ4n) is 10.3. The van der Waals surface area contributed by atoms with Gasteiger partial charge in [0.05, 0.1) is 27.8 Å². The second-order valence-corrected chi connectivity index (χ2v) is 16.6. The molecule has 2 aliphatic rings. The molecular weight excluding hydrogens is 793 g/mol. The highest BCUT2D eigenvalue weighted by atomic mass is 15.2. The molecule has 3 heterocycles. The molecule has 304 valence electrons. The van der Waals surface area contributed by atoms with Crippen molar-refractivity contribution in [1.82, 2.24) is 24.5 Å². The number of nitrogens with zero attached hydrogens (tertiary/aromatic N) is 6. The smallest absolute Gasteiger partial charge is 0.164 e. The molecule has 65 heavy (non-hydrogen) atoms. The van der Waals surface area contributed by atoms with E-state index in [9.17, 15) is 0 Å². The van der Waals surface area contributed by atoms with Crippen LogP contribution in [-0.4, -0.2) is 24.5 Å². The second-order valence-electron chi connectivity index (χ2n) is 16.6. The van der Waals surface area contributed by atoms with E-state index in [0.29, 0.717) is 17.5 Å². The minimum absolute atomic E-state index is 0.613. The van der Waals surface area contributed by atoms with Gasteiger partial charge in [-0.3, -0.25) is 4.57 Å². The third-order valence-electron chi connectivity index (χ3n) is 13.0. The first-order chi connectivity index (χ1) is 32.2. The summed E-state index contributed by atoms with van der Waals surface area (Å²) < 4.78 is 2.27. The Labute approximate surface area is 376 Å². The highest BCUT2D eigenvalue weighted by Gasteiger charge is 2.51. The third kappa shape index (κ3) is 5.67. The van der Waals surface area contributed by atoms with Crippen LogP contribution in [0, 0.1) is 0 Å². The van der Waals surface area contributed by atoms with Crippen LogP contribution in [0.25, 0.3) is 73.4 Å². The molecule has 6 nitrogen and oxygen atoms in total. The van der Waals surface area contributed by atoms with Crippen LogP contribution in [0.1, 0.15) is 22.3 Å². The number of anilines is 3. The Morgan fingerprint density at radius 3 is 1.51 bits per heavy atom. The van der Waals surface area contributed by atoms with Crippen molar-refractivity contribution in [3.8, 4) is 62.4 Å². The van der Waals surface area contributed by atoms with Gasteiger partial charge in [0.15, 0.2) is 17.5 Å². The lowest BCUT2D eigenvalue weighted by Crippen LogP contribution is -2.36. The van der Waals surface area contributed by atoms with Crippen molar-refractivity contribution in [3.63, 3.8) is 0 Å². The van der Waals surface area contributed by atoms with Crippen molar-refractivity contribution in [2.75, 3.05) is 4.90 Å². The van der Waals surface area contributed by atoms with Crippen LogP contribution in [0.5, 0.6) is 0 Å². The van der Waals surface area contributed by atoms with E-state index < -0.39 is 5.41 Å². The van der Waals surface area contributed by atoms with Gasteiger partial charge in [0.25, 0.3) is 0 Å². The lowest BCUT2D eigenvalue weighted by molar-refractivity contribution is 0.753. The topological polar surface area (TPSA) is 59.7 Å². The van der Waals surface area contributed by atoms with Gasteiger partial charge >= 0.3 is 0 Å². The van der Waals surface area contributed by atoms with Crippen molar-refractivity contribution >= 4 is 28.1 Å². The summed E-state index contributed by atoms with van der Waals surface area (Å²) in [6, 6.07) is 81.6. The number of hydrogen-bond acceptors (Lipinski definition) is 5. The average Bonchev–Trinajstić information content (AvgIpc) is 3.92. The lowest BCUT2D eigenvalue weighted by Gasteiger charge is -2.45. The first kappa shape index (κ1) is 36.9. The van der Waals surface area contributed by atoms with Crippen molar-refractivity contribution in [2.45, 2.75) is 5.41 Å². The van der Waals surface area contributed by atoms with E-state index in [1.54, 1.807) is 0 Å². The Morgan fingerprint density at radius 1 is 0.323 bits per heavy atom. The van der Waals surface area contributed by atoms with E-state index >= 15 is 0 Å². The van der Waals surface area contributed by atoms with Gasteiger partial charge in [-0.2, -0.15) is 0 Å². The maximum absolute atomic E-state index is 5.27. The summed E-state index contributed by atoms with van der Waals surface area (Å²) in [4.78, 5) is 23.2. The van der Waals surface area contributed by atoms with Crippen LogP contribution in [0.4, 0.5) is 17.1 Å². The largest absolute Gasteiger partial charge is 0.310 e. The number of rotatable bonds is 6. The van der Waals surface area contributed by atoms with Crippen LogP contribution in [-0.2, 0) is 5.41 Å². The molecule has 0 amide bonds. The molecule has 0 fully saturated rings. The van der Waals surface area contributed by atoms with Crippen molar-refractivity contribution in [1.29, 1.82) is 0 Å². The monoisotopic (exact) mass is 830 g/mol. The molecule has 0 bridgehead atoms. The zero-order chi connectivity index (χ0) is 42.9. The fraction of sp³-hybridized carbons (Fsp3) is 0.0169. The molecule has 0 unspecified atom stereocenters. The number of hydrogen-bond donors (Lipinski definition) is 0. The highest BCUT2D eigenvalue weighted by Crippen LogP contribution is 2.63. The summed E-state index contributed by atoms with van der Waals surface area (Å²) in [5.74, 6) is 2.75. The van der Waals surface area contributed by atoms with Gasteiger partial charge in [0.1, 0.15) is 5.82 Å². The van der Waals surface area contributed by atoms with Gasteiger partial charge in [0.2, 0.25) is 0 Å². The Balaban J connectivity index is 1.07. The molecule has 1 spiro atoms. The predicted molar refractivity (Wildman–Crippen MR) is 262 cm³/mol. The summed E-state index contributed by atoms with van der Waals surface area (Å²) >= 11 is 0. The number of imidazole rings is 1. The van der Waals surface area contributed by atoms with Gasteiger partial charge < -0.3 is 4.90 Å². The molecule has 0 saturated carbocycles. The van der Waals surface area contributed by atoms with E-state index in [-0.39, 0.29) is 0 Å². The quantitative estimate of drug-likeness (QED) is 0.167. The maximum atomic E-state index is 5.27. The minimum Gasteiger partial charge on any atom is -0.310 e. The number of aromatic nitrogens is 5. The van der Waals surface area contributed by atoms with Crippen LogP contribution >= 0.6 is 0 Å². The molecule has 11 aromatic rings. The molecular formula is C59H38N6. The van der Waals surface area contributed by atoms with E-state index in [1.165, 1.54) is 27.8 Å². The van der Waals surface area contributed by atoms with Gasteiger partial charge in [-0.05, 0) is 94.0 Å². The first-order valence-corrected chi connectivity index (χ1v) is 22.0. The third-order valence-corrected chi connectivity index (χ3v) is 13.0. The molecule has 0 atom stereocenters. The van der Waals surface area contributed by atoms with Crippen LogP contribution in [0.3, 0.4) is 0 Å². The molecule has 13 rings (SSSR count). The zero-order valence-corrected chi connectivity index (χ0v) is 35.1. The SMILES string of the molecule is c1ccc(-c2nc(-c3ccccc3)nc(-c3ccc4c(c3)C3(c5ccccc5-c5ccccc53)c3ccccc3N4c3cccc(-c4nc5ccccc5n4-c4ccccc4)c3)n2)cc1. The second kappa shape index (κ2) is 14.7. The van der Waals surface area contributed by atoms with E-state index in [4.69, 9.17) is 19.9 Å². The summed E-state index contributed by atoms with van der Waals surface area (Å²) in [6.45, 7) is 0. The van der Waals surface area contributed by atoms with Gasteiger partial charge in [0, 0.05) is 33.6 Å². The van der Waals surface area contributed by atoms with E-state index in [2.05, 4.69) is 204 Å². The standard InChI is InChI=1S/C59H38N6/c1-4-19-39(20-5-1)55-61-56(40-21-6-2-7-22-40)63-57(62-55)41-35-36-53-50(38-41)59(47-29-12-10-27-45(47)46-28-11-13-30-48(46)59)49-31-14-16-33-52(49)64(53)44-26-18-23-42(37-44)58-60-51-32-15-17-34-54(51)65(58)43-24-8-3-9-25-43/h1-38H. The first-order valence-electron chi connectivity index (χ1n) is 22.0. The molecule has 0 saturated heterocycles. The molecule has 2 aromatic heterocycles. The van der Waals surface area contributed by atoms with Crippen LogP contribution in [0.2, 0.25) is 0 Å². The fourth-order valence-corrected chi connectivity index (χ4v) is 10.3. The van der Waals surface area contributed by atoms with Gasteiger partial charge in [-0.1, -0.05) is 170 Å². The van der Waals surface area contributed by atoms with Gasteiger partial charge in [-0.15, -0.1) is 0 Å². The van der Waals surface area contributed by atoms with E-state index in [0.717, 1.165) is 67.4 Å². The molecule has 1 aliphatic heterocycles. The summed E-state index contributed by atoms with van der Waals surface area (Å²) in [7, 11) is 0. The van der Waals surface area contributed by atoms with Gasteiger partial charge in [-0.25, -0.2) is 19.9 Å². The molecule has 0 N–H and O–H groups in total. The number of para-hydroxylation sites is 4. The molecule has 6 heteroatoms. The van der Waals surface area contributed by atoms with Crippen molar-refractivity contribution in [2.24, 2.45) is 0 Å². The Bertz CT molecular complexity index is 3510. The molecule has 9 aromatic carbocycles. The van der Waals surface area contributed by atoms with Crippen LogP contribution in [0.15, 0.2) is 231 Å². The Morgan fingerprint density at radius 2 is 0.831 bits per heavy atom. The van der Waals surface area contributed by atoms with Crippen LogP contribution < -0.4 is 4.90 Å². The summed E-state index contributed by atoms with van der Waals surface area (Å²) in [6.07, 6.45) is 0. The molecule has 1 aliphatic carbocycles. The lowest BCUT2D eigenvalue weighted by atomic mass is 9.64. The average molecular weight is 831 g/mol. The normalized spacial score (nSPS) is 13.0. The van der Waals surface area contributed by atoms with E-state index in [1.807, 2.05) is 36.4 Å². The number of benzene rings is 9. The maximum Gasteiger partial charge on any atom is 0.164 e. The zero-order valence-electron chi connectivity index (χ0n) is 35.1. The highest BCUT2D eigenvalue weighted by molar-refractivity contribution is 5.97. The Hall–Kier alpha value is -8.74. The summed E-state index contributed by atoms with van der Waals surface area (Å²) in [5.41, 5.74) is 16.8. The van der Waals surface area contributed by atoms with Crippen molar-refractivity contribution < 1.29 is 0 Å². The molecule has 0 radical (unpaired) electrons. The predicted octanol–water partition coefficient (Wildman–Crippen LogP) is 14.0. The summed E-state index contributed by atoms with van der Waals surface area (Å²) in [5, 5.41) is 0. The Kier molecular flexibility index (Phi) is 8.33. The minimum atomic E-state index is -0.651.